The Morgan fingerprint density at radius 1 is 1.21 bits per heavy atom. The number of nitrogens with one attached hydrogen (secondary N) is 1. The number of H-pyrrole nitrogens is 1. The Morgan fingerprint density at radius 3 is 2.83 bits per heavy atom. The molecule has 3 heterocycles. The van der Waals surface area contributed by atoms with Crippen molar-refractivity contribution in [2.24, 2.45) is 0 Å². The third-order valence-corrected chi connectivity index (χ3v) is 4.79. The number of nitrogens with zero attached hydrogens (tertiary/aromatic N) is 3. The summed E-state index contributed by atoms with van der Waals surface area (Å²) < 4.78 is 5.48. The van der Waals surface area contributed by atoms with Crippen LogP contribution in [0.25, 0.3) is 33.5 Å². The number of hydrogen-bond acceptors (Lipinski definition) is 5. The van der Waals surface area contributed by atoms with Crippen LogP contribution in [0.2, 0.25) is 5.02 Å². The Hall–Kier alpha value is -2.44. The number of thiazole rings is 1. The maximum atomic E-state index is 6.08. The summed E-state index contributed by atoms with van der Waals surface area (Å²) in [4.78, 5) is 8.96. The number of rotatable bonds is 3. The second kappa shape index (κ2) is 5.89. The first-order chi connectivity index (χ1) is 11.7. The van der Waals surface area contributed by atoms with Crippen LogP contribution in [0, 0.1) is 6.92 Å². The van der Waals surface area contributed by atoms with Crippen LogP contribution in [0.4, 0.5) is 0 Å². The van der Waals surface area contributed by atoms with E-state index in [1.807, 2.05) is 30.5 Å². The molecule has 0 aliphatic heterocycles. The van der Waals surface area contributed by atoms with Gasteiger partial charge in [-0.3, -0.25) is 5.10 Å². The number of hydrogen-bond donors (Lipinski definition) is 1. The zero-order valence-corrected chi connectivity index (χ0v) is 14.6. The van der Waals surface area contributed by atoms with Crippen molar-refractivity contribution in [3.8, 4) is 28.3 Å². The van der Waals surface area contributed by atoms with E-state index in [0.29, 0.717) is 16.4 Å². The minimum atomic E-state index is 0.618. The summed E-state index contributed by atoms with van der Waals surface area (Å²) in [7, 11) is 1.62. The average molecular weight is 357 g/mol. The zero-order chi connectivity index (χ0) is 16.7. The summed E-state index contributed by atoms with van der Waals surface area (Å²) in [6, 6.07) is 7.48. The van der Waals surface area contributed by atoms with Crippen molar-refractivity contribution in [3.05, 3.63) is 45.9 Å². The van der Waals surface area contributed by atoms with Crippen molar-refractivity contribution in [1.82, 2.24) is 20.2 Å². The predicted octanol–water partition coefficient (Wildman–Crippen LogP) is 4.72. The molecule has 0 radical (unpaired) electrons. The third-order valence-electron chi connectivity index (χ3n) is 3.78. The lowest BCUT2D eigenvalue weighted by Gasteiger charge is -2.09. The Balaban J connectivity index is 2.01. The van der Waals surface area contributed by atoms with Crippen LogP contribution in [0.3, 0.4) is 0 Å². The molecule has 7 heteroatoms. The lowest BCUT2D eigenvalue weighted by molar-refractivity contribution is 0.416. The van der Waals surface area contributed by atoms with E-state index in [9.17, 15) is 0 Å². The van der Waals surface area contributed by atoms with Crippen molar-refractivity contribution in [2.45, 2.75) is 6.92 Å². The van der Waals surface area contributed by atoms with Gasteiger partial charge in [-0.1, -0.05) is 11.6 Å². The largest absolute Gasteiger partial charge is 0.496 e. The minimum absolute atomic E-state index is 0.618. The summed E-state index contributed by atoms with van der Waals surface area (Å²) in [5.74, 6) is 0.678. The van der Waals surface area contributed by atoms with Crippen molar-refractivity contribution >= 4 is 34.0 Å². The van der Waals surface area contributed by atoms with E-state index in [-0.39, 0.29) is 0 Å². The molecule has 1 N–H and O–H groups in total. The van der Waals surface area contributed by atoms with Gasteiger partial charge in [-0.2, -0.15) is 5.10 Å². The smallest absolute Gasteiger partial charge is 0.182 e. The number of methoxy groups -OCH3 is 1. The molecule has 0 fully saturated rings. The van der Waals surface area contributed by atoms with Gasteiger partial charge in [0.1, 0.15) is 5.75 Å². The molecule has 120 valence electrons. The van der Waals surface area contributed by atoms with E-state index >= 15 is 0 Å². The standard InChI is InChI=1S/C17H13ClN4OS/c1-9-20-13(8-24-9)11-5-6-19-17-15(11)16(21-22-17)12-4-3-10(18)7-14(12)23-2/h3-8H,1-2H3,(H,19,21,22). The summed E-state index contributed by atoms with van der Waals surface area (Å²) in [6.07, 6.45) is 1.75. The average Bonchev–Trinajstić information content (AvgIpc) is 3.21. The molecule has 0 saturated heterocycles. The van der Waals surface area contributed by atoms with Crippen molar-refractivity contribution in [1.29, 1.82) is 0 Å². The van der Waals surface area contributed by atoms with Gasteiger partial charge in [0.15, 0.2) is 5.65 Å². The lowest BCUT2D eigenvalue weighted by atomic mass is 10.0. The molecule has 5 nitrogen and oxygen atoms in total. The van der Waals surface area contributed by atoms with E-state index in [1.165, 1.54) is 0 Å². The van der Waals surface area contributed by atoms with Crippen LogP contribution < -0.4 is 4.74 Å². The van der Waals surface area contributed by atoms with Crippen LogP contribution in [-0.4, -0.2) is 27.3 Å². The zero-order valence-electron chi connectivity index (χ0n) is 13.0. The number of halogens is 1. The monoisotopic (exact) mass is 356 g/mol. The lowest BCUT2D eigenvalue weighted by Crippen LogP contribution is -1.90. The van der Waals surface area contributed by atoms with E-state index in [2.05, 4.69) is 20.2 Å². The van der Waals surface area contributed by atoms with Gasteiger partial charge in [0.2, 0.25) is 0 Å². The van der Waals surface area contributed by atoms with Gasteiger partial charge in [0, 0.05) is 27.7 Å². The van der Waals surface area contributed by atoms with Gasteiger partial charge in [0.05, 0.1) is 28.9 Å². The topological polar surface area (TPSA) is 63.7 Å². The second-order valence-electron chi connectivity index (χ2n) is 5.25. The number of aryl methyl sites for hydroxylation is 1. The highest BCUT2D eigenvalue weighted by Gasteiger charge is 2.18. The van der Waals surface area contributed by atoms with Crippen LogP contribution in [-0.2, 0) is 0 Å². The summed E-state index contributed by atoms with van der Waals surface area (Å²) >= 11 is 7.70. The molecular formula is C17H13ClN4OS. The first-order valence-corrected chi connectivity index (χ1v) is 8.52. The van der Waals surface area contributed by atoms with Gasteiger partial charge in [-0.15, -0.1) is 11.3 Å². The fraction of sp³-hybridized carbons (Fsp3) is 0.118. The van der Waals surface area contributed by atoms with Gasteiger partial charge in [-0.25, -0.2) is 9.97 Å². The first kappa shape index (κ1) is 15.1. The maximum absolute atomic E-state index is 6.08. The highest BCUT2D eigenvalue weighted by molar-refractivity contribution is 7.09. The highest BCUT2D eigenvalue weighted by Crippen LogP contribution is 2.38. The highest BCUT2D eigenvalue weighted by atomic mass is 35.5. The van der Waals surface area contributed by atoms with Crippen molar-refractivity contribution in [2.75, 3.05) is 7.11 Å². The predicted molar refractivity (Wildman–Crippen MR) is 96.7 cm³/mol. The molecule has 4 rings (SSSR count). The molecule has 0 spiro atoms. The fourth-order valence-electron chi connectivity index (χ4n) is 2.71. The summed E-state index contributed by atoms with van der Waals surface area (Å²) in [6.45, 7) is 1.99. The van der Waals surface area contributed by atoms with Gasteiger partial charge >= 0.3 is 0 Å². The van der Waals surface area contributed by atoms with Crippen molar-refractivity contribution in [3.63, 3.8) is 0 Å². The van der Waals surface area contributed by atoms with E-state index in [4.69, 9.17) is 16.3 Å². The SMILES string of the molecule is COc1cc(Cl)ccc1-c1[nH]nc2nccc(-c3csc(C)n3)c12. The number of fused-ring (bicyclic) bond motifs is 1. The molecule has 4 aromatic rings. The van der Waals surface area contributed by atoms with E-state index in [0.717, 1.165) is 32.9 Å². The number of ether oxygens (including phenoxy) is 1. The molecule has 0 aliphatic rings. The van der Waals surface area contributed by atoms with Crippen LogP contribution in [0.15, 0.2) is 35.8 Å². The normalized spacial score (nSPS) is 11.1. The van der Waals surface area contributed by atoms with Crippen LogP contribution in [0.5, 0.6) is 5.75 Å². The number of aromatic nitrogens is 4. The molecule has 0 unspecified atom stereocenters. The van der Waals surface area contributed by atoms with Crippen LogP contribution >= 0.6 is 22.9 Å². The quantitative estimate of drug-likeness (QED) is 0.577. The van der Waals surface area contributed by atoms with Gasteiger partial charge in [-0.05, 0) is 31.2 Å². The van der Waals surface area contributed by atoms with Crippen LogP contribution in [0.1, 0.15) is 5.01 Å². The molecule has 0 amide bonds. The number of pyridine rings is 1. The van der Waals surface area contributed by atoms with E-state index in [1.54, 1.807) is 30.7 Å². The minimum Gasteiger partial charge on any atom is -0.496 e. The Kier molecular flexibility index (Phi) is 3.70. The first-order valence-electron chi connectivity index (χ1n) is 7.27. The summed E-state index contributed by atoms with van der Waals surface area (Å²) in [5, 5.41) is 12.0. The number of benzene rings is 1. The molecule has 1 aromatic carbocycles. The van der Waals surface area contributed by atoms with Gasteiger partial charge in [0.25, 0.3) is 0 Å². The summed E-state index contributed by atoms with van der Waals surface area (Å²) in [5.41, 5.74) is 4.27. The molecule has 0 atom stereocenters. The Bertz CT molecular complexity index is 1040. The maximum Gasteiger partial charge on any atom is 0.182 e. The Morgan fingerprint density at radius 2 is 2.08 bits per heavy atom. The fourth-order valence-corrected chi connectivity index (χ4v) is 3.49. The van der Waals surface area contributed by atoms with Crippen molar-refractivity contribution < 1.29 is 4.74 Å². The molecule has 24 heavy (non-hydrogen) atoms. The number of aromatic amines is 1. The second-order valence-corrected chi connectivity index (χ2v) is 6.75. The molecule has 3 aromatic heterocycles. The Labute approximate surface area is 147 Å². The molecule has 0 bridgehead atoms. The van der Waals surface area contributed by atoms with E-state index < -0.39 is 0 Å². The molecule has 0 aliphatic carbocycles. The van der Waals surface area contributed by atoms with Gasteiger partial charge < -0.3 is 4.74 Å². The third kappa shape index (κ3) is 2.44. The molecular weight excluding hydrogens is 344 g/mol. The molecule has 0 saturated carbocycles.